The second kappa shape index (κ2) is 15.0. The zero-order valence-corrected chi connectivity index (χ0v) is 9.85. The fourth-order valence-electron chi connectivity index (χ4n) is 0.537. The molecule has 0 aliphatic heterocycles. The lowest BCUT2D eigenvalue weighted by molar-refractivity contribution is -0.135. The molecule has 4 heteroatoms. The largest absolute Gasteiger partial charge is 0.435 e. The Balaban J connectivity index is 0. The second-order valence-corrected chi connectivity index (χ2v) is 2.95. The van der Waals surface area contributed by atoms with Gasteiger partial charge in [0.15, 0.2) is 0 Å². The molecule has 0 atom stereocenters. The van der Waals surface area contributed by atoms with Gasteiger partial charge in [-0.05, 0) is 19.3 Å². The van der Waals surface area contributed by atoms with E-state index >= 15 is 0 Å². The van der Waals surface area contributed by atoms with Gasteiger partial charge in [-0.3, -0.25) is 4.79 Å². The Kier molecular flexibility index (Phi) is 17.1. The molecule has 0 rings (SSSR count). The average molecular weight is 239 g/mol. The van der Waals surface area contributed by atoms with E-state index in [1.165, 1.54) is 6.92 Å². The number of alkyl halides is 1. The molecule has 0 aromatic rings. The zero-order valence-electron chi connectivity index (χ0n) is 8.34. The minimum atomic E-state index is -0.329. The number of ether oxygens (including phenoxy) is 1. The summed E-state index contributed by atoms with van der Waals surface area (Å²) in [6.45, 7) is 4.48. The van der Waals surface area contributed by atoms with Crippen LogP contribution in [-0.2, 0) is 9.53 Å². The molecule has 0 N–H and O–H groups in total. The summed E-state index contributed by atoms with van der Waals surface area (Å²) in [5, 5.41) is 0. The van der Waals surface area contributed by atoms with Crippen LogP contribution in [0.4, 0.5) is 0 Å². The molecule has 0 saturated carbocycles. The molecule has 0 aliphatic rings. The van der Waals surface area contributed by atoms with Crippen LogP contribution in [0.25, 0.3) is 0 Å². The van der Waals surface area contributed by atoms with Crippen molar-refractivity contribution in [3.8, 4) is 0 Å². The third kappa shape index (κ3) is 22.5. The molecule has 82 valence electrons. The van der Waals surface area contributed by atoms with Gasteiger partial charge in [0.1, 0.15) is 0 Å². The number of carbonyl (C=O) groups excluding carboxylic acids is 1. The highest BCUT2D eigenvalue weighted by molar-refractivity contribution is 6.25. The van der Waals surface area contributed by atoms with Gasteiger partial charge in [-0.1, -0.05) is 24.3 Å². The summed E-state index contributed by atoms with van der Waals surface area (Å²) in [4.78, 5) is 9.75. The van der Waals surface area contributed by atoms with Gasteiger partial charge in [0.05, 0.1) is 6.26 Å². The number of unbranched alkanes of at least 4 members (excludes halogenated alkanes) is 2. The van der Waals surface area contributed by atoms with Gasteiger partial charge >= 0.3 is 5.97 Å². The van der Waals surface area contributed by atoms with Crippen LogP contribution in [-0.4, -0.2) is 11.8 Å². The molecule has 14 heavy (non-hydrogen) atoms. The molecule has 0 aromatic heterocycles. The van der Waals surface area contributed by atoms with E-state index in [-0.39, 0.29) is 5.97 Å². The maximum absolute atomic E-state index is 9.75. The highest BCUT2D eigenvalue weighted by Crippen LogP contribution is 1.98. The Labute approximate surface area is 95.5 Å². The summed E-state index contributed by atoms with van der Waals surface area (Å²) >= 11 is 10.7. The summed E-state index contributed by atoms with van der Waals surface area (Å²) in [7, 11) is 0. The van der Waals surface area contributed by atoms with Crippen molar-refractivity contribution in [3.05, 3.63) is 24.5 Å². The third-order valence-electron chi connectivity index (χ3n) is 1.09. The highest BCUT2D eigenvalue weighted by atomic mass is 35.5. The molecule has 0 saturated heterocycles. The summed E-state index contributed by atoms with van der Waals surface area (Å²) in [5.74, 6) is 0.431. The van der Waals surface area contributed by atoms with Gasteiger partial charge < -0.3 is 4.74 Å². The van der Waals surface area contributed by atoms with Crippen molar-refractivity contribution in [2.24, 2.45) is 0 Å². The summed E-state index contributed by atoms with van der Waals surface area (Å²) in [6, 6.07) is 0. The fourth-order valence-corrected chi connectivity index (χ4v) is 0.852. The Morgan fingerprint density at radius 3 is 2.43 bits per heavy atom. The molecule has 0 heterocycles. The van der Waals surface area contributed by atoms with Crippen LogP contribution in [0, 0.1) is 0 Å². The topological polar surface area (TPSA) is 26.3 Å². The molecule has 0 aliphatic carbocycles. The molecule has 0 spiro atoms. The van der Waals surface area contributed by atoms with Gasteiger partial charge in [0.25, 0.3) is 0 Å². The first-order valence-corrected chi connectivity index (χ1v) is 5.25. The lowest BCUT2D eigenvalue weighted by Gasteiger charge is -1.87. The maximum atomic E-state index is 9.75. The number of halogens is 2. The minimum Gasteiger partial charge on any atom is -0.435 e. The van der Waals surface area contributed by atoms with E-state index in [2.05, 4.69) is 11.3 Å². The lowest BCUT2D eigenvalue weighted by atomic mass is 10.2. The van der Waals surface area contributed by atoms with E-state index in [1.54, 1.807) is 5.54 Å². The Morgan fingerprint density at radius 2 is 2.14 bits per heavy atom. The summed E-state index contributed by atoms with van der Waals surface area (Å²) < 4.78 is 4.17. The number of carbonyl (C=O) groups is 1. The van der Waals surface area contributed by atoms with Crippen molar-refractivity contribution in [1.82, 2.24) is 0 Å². The van der Waals surface area contributed by atoms with Crippen LogP contribution >= 0.6 is 23.2 Å². The molecule has 0 fully saturated rings. The Hall–Kier alpha value is -0.470. The van der Waals surface area contributed by atoms with Crippen LogP contribution in [0.15, 0.2) is 24.5 Å². The van der Waals surface area contributed by atoms with Crippen molar-refractivity contribution >= 4 is 29.2 Å². The number of esters is 1. The van der Waals surface area contributed by atoms with E-state index < -0.39 is 0 Å². The van der Waals surface area contributed by atoms with E-state index in [1.807, 2.05) is 6.08 Å². The van der Waals surface area contributed by atoms with Gasteiger partial charge in [-0.15, -0.1) is 11.6 Å². The second-order valence-electron chi connectivity index (χ2n) is 2.32. The third-order valence-corrected chi connectivity index (χ3v) is 1.54. The fraction of sp³-hybridized carbons (Fsp3) is 0.500. The predicted octanol–water partition coefficient (Wildman–Crippen LogP) is 3.84. The van der Waals surface area contributed by atoms with E-state index in [0.29, 0.717) is 0 Å². The number of rotatable bonds is 5. The summed E-state index contributed by atoms with van der Waals surface area (Å²) in [5.41, 5.74) is 1.55. The van der Waals surface area contributed by atoms with Crippen molar-refractivity contribution in [3.63, 3.8) is 0 Å². The van der Waals surface area contributed by atoms with Crippen molar-refractivity contribution in [2.45, 2.75) is 26.2 Å². The van der Waals surface area contributed by atoms with Crippen LogP contribution in [0.3, 0.4) is 0 Å². The molecular formula is C10H16Cl2O2. The molecule has 0 bridgehead atoms. The number of hydrogen-bond donors (Lipinski definition) is 0. The Morgan fingerprint density at radius 1 is 1.50 bits per heavy atom. The molecule has 0 unspecified atom stereocenters. The minimum absolute atomic E-state index is 0.329. The van der Waals surface area contributed by atoms with E-state index in [4.69, 9.17) is 23.2 Å². The smallest absolute Gasteiger partial charge is 0.307 e. The standard InChI is InChI=1S/C6H10Cl2.C4H6O2/c7-5-3-1-2-4-6-8;1-3-6-4(2)5/h3,5H,1-2,4,6H2;3H,1H2,2H3. The molecule has 2 nitrogen and oxygen atoms in total. The highest BCUT2D eigenvalue weighted by Gasteiger charge is 1.80. The first-order valence-electron chi connectivity index (χ1n) is 4.28. The molecule has 0 amide bonds. The monoisotopic (exact) mass is 238 g/mol. The first-order chi connectivity index (χ1) is 6.68. The SMILES string of the molecule is C=COC(C)=O.ClC=CCCCCCl. The van der Waals surface area contributed by atoms with Crippen molar-refractivity contribution < 1.29 is 9.53 Å². The molecule has 0 aromatic carbocycles. The molecule has 0 radical (unpaired) electrons. The van der Waals surface area contributed by atoms with E-state index in [9.17, 15) is 4.79 Å². The van der Waals surface area contributed by atoms with Gasteiger partial charge in [-0.2, -0.15) is 0 Å². The average Bonchev–Trinajstić information content (AvgIpc) is 2.13. The van der Waals surface area contributed by atoms with Gasteiger partial charge in [0.2, 0.25) is 0 Å². The first kappa shape index (κ1) is 16.0. The van der Waals surface area contributed by atoms with Crippen LogP contribution in [0.2, 0.25) is 0 Å². The van der Waals surface area contributed by atoms with Crippen molar-refractivity contribution in [1.29, 1.82) is 0 Å². The Bertz CT molecular complexity index is 168. The number of hydrogen-bond acceptors (Lipinski definition) is 2. The van der Waals surface area contributed by atoms with E-state index in [0.717, 1.165) is 31.4 Å². The zero-order chi connectivity index (χ0) is 11.2. The van der Waals surface area contributed by atoms with Crippen molar-refractivity contribution in [2.75, 3.05) is 5.88 Å². The molecular weight excluding hydrogens is 223 g/mol. The maximum Gasteiger partial charge on any atom is 0.307 e. The van der Waals surface area contributed by atoms with Crippen LogP contribution < -0.4 is 0 Å². The van der Waals surface area contributed by atoms with Gasteiger partial charge in [0, 0.05) is 18.3 Å². The quantitative estimate of drug-likeness (QED) is 0.315. The van der Waals surface area contributed by atoms with Crippen LogP contribution in [0.1, 0.15) is 26.2 Å². The normalized spacial score (nSPS) is 9.07. The predicted molar refractivity (Wildman–Crippen MR) is 61.5 cm³/mol. The van der Waals surface area contributed by atoms with Gasteiger partial charge in [-0.25, -0.2) is 0 Å². The lowest BCUT2D eigenvalue weighted by Crippen LogP contribution is -1.87. The summed E-state index contributed by atoms with van der Waals surface area (Å²) in [6.07, 6.45) is 6.32. The number of allylic oxidation sites excluding steroid dienone is 1. The van der Waals surface area contributed by atoms with Crippen LogP contribution in [0.5, 0.6) is 0 Å².